The Morgan fingerprint density at radius 2 is 1.89 bits per heavy atom. The smallest absolute Gasteiger partial charge is 0.322 e. The lowest BCUT2D eigenvalue weighted by atomic mass is 10.1. The van der Waals surface area contributed by atoms with Gasteiger partial charge in [0, 0.05) is 0 Å². The largest absolute Gasteiger partial charge is 0.480 e. The van der Waals surface area contributed by atoms with Gasteiger partial charge in [0.15, 0.2) is 0 Å². The molecule has 1 saturated heterocycles. The summed E-state index contributed by atoms with van der Waals surface area (Å²) >= 11 is 0. The highest BCUT2D eigenvalue weighted by molar-refractivity contribution is 5.94. The Labute approximate surface area is 163 Å². The Morgan fingerprint density at radius 3 is 2.43 bits per heavy atom. The Bertz CT molecular complexity index is 550. The molecule has 0 spiro atoms. The van der Waals surface area contributed by atoms with E-state index in [2.05, 4.69) is 21.3 Å². The number of aliphatic carboxylic acids is 1. The number of hydrogen-bond acceptors (Lipinski definition) is 7. The van der Waals surface area contributed by atoms with Crippen molar-refractivity contribution in [2.75, 3.05) is 19.6 Å². The van der Waals surface area contributed by atoms with Gasteiger partial charge in [-0.2, -0.15) is 0 Å². The van der Waals surface area contributed by atoms with Gasteiger partial charge >= 0.3 is 5.97 Å². The average Bonchev–Trinajstić information content (AvgIpc) is 3.17. The Hall–Kier alpha value is -2.24. The first-order valence-corrected chi connectivity index (χ1v) is 9.48. The third kappa shape index (κ3) is 8.19. The Balaban J connectivity index is 2.74. The second-order valence-electron chi connectivity index (χ2n) is 6.83. The zero-order valence-electron chi connectivity index (χ0n) is 16.1. The maximum Gasteiger partial charge on any atom is 0.322 e. The predicted octanol–water partition coefficient (Wildman–Crippen LogP) is -2.58. The van der Waals surface area contributed by atoms with E-state index in [4.69, 9.17) is 10.8 Å². The van der Waals surface area contributed by atoms with Gasteiger partial charge in [-0.15, -0.1) is 0 Å². The summed E-state index contributed by atoms with van der Waals surface area (Å²) in [6.45, 7) is 1.90. The molecule has 0 aromatic rings. The molecule has 28 heavy (non-hydrogen) atoms. The molecule has 1 aliphatic heterocycles. The number of unbranched alkanes of at least 4 members (excludes halogenated alkanes) is 1. The molecule has 1 aliphatic rings. The van der Waals surface area contributed by atoms with E-state index in [-0.39, 0.29) is 6.42 Å². The number of hydrogen-bond donors (Lipinski definition) is 7. The first-order valence-electron chi connectivity index (χ1n) is 9.48. The number of nitrogens with two attached hydrogens (primary N) is 1. The molecule has 8 N–H and O–H groups in total. The molecule has 1 fully saturated rings. The van der Waals surface area contributed by atoms with Crippen molar-refractivity contribution in [2.45, 2.75) is 63.3 Å². The van der Waals surface area contributed by atoms with Crippen LogP contribution in [0.3, 0.4) is 0 Å². The second-order valence-corrected chi connectivity index (χ2v) is 6.83. The molecule has 11 heteroatoms. The van der Waals surface area contributed by atoms with Crippen molar-refractivity contribution < 1.29 is 29.4 Å². The zero-order valence-corrected chi connectivity index (χ0v) is 16.1. The van der Waals surface area contributed by atoms with Crippen LogP contribution in [0.5, 0.6) is 0 Å². The highest BCUT2D eigenvalue weighted by Crippen LogP contribution is 2.07. The second kappa shape index (κ2) is 12.3. The van der Waals surface area contributed by atoms with E-state index < -0.39 is 54.5 Å². The number of carbonyl (C=O) groups excluding carboxylic acids is 3. The average molecular weight is 401 g/mol. The van der Waals surface area contributed by atoms with Crippen LogP contribution in [0.2, 0.25) is 0 Å². The summed E-state index contributed by atoms with van der Waals surface area (Å²) in [5, 5.41) is 28.9. The summed E-state index contributed by atoms with van der Waals surface area (Å²) in [5.41, 5.74) is 5.44. The number of nitrogens with one attached hydrogen (secondary N) is 4. The Morgan fingerprint density at radius 1 is 1.18 bits per heavy atom. The zero-order chi connectivity index (χ0) is 21.1. The van der Waals surface area contributed by atoms with Gasteiger partial charge in [0.2, 0.25) is 17.7 Å². The van der Waals surface area contributed by atoms with Crippen molar-refractivity contribution in [2.24, 2.45) is 5.73 Å². The predicted molar refractivity (Wildman–Crippen MR) is 100 cm³/mol. The summed E-state index contributed by atoms with van der Waals surface area (Å²) in [4.78, 5) is 47.7. The van der Waals surface area contributed by atoms with Crippen molar-refractivity contribution in [3.8, 4) is 0 Å². The van der Waals surface area contributed by atoms with Crippen LogP contribution in [-0.2, 0) is 19.2 Å². The van der Waals surface area contributed by atoms with Crippen molar-refractivity contribution in [1.29, 1.82) is 0 Å². The molecule has 1 rings (SSSR count). The minimum absolute atomic E-state index is 0.249. The fraction of sp³-hybridized carbons (Fsp3) is 0.765. The molecule has 0 bridgehead atoms. The number of aliphatic hydroxyl groups is 1. The molecule has 0 aromatic carbocycles. The topological polar surface area (TPSA) is 183 Å². The number of carboxylic acids is 1. The summed E-state index contributed by atoms with van der Waals surface area (Å²) in [7, 11) is 0. The van der Waals surface area contributed by atoms with E-state index in [9.17, 15) is 24.3 Å². The first-order chi connectivity index (χ1) is 13.3. The van der Waals surface area contributed by atoms with Gasteiger partial charge in [-0.25, -0.2) is 0 Å². The van der Waals surface area contributed by atoms with Gasteiger partial charge in [-0.1, -0.05) is 0 Å². The molecule has 0 saturated carbocycles. The fourth-order valence-corrected chi connectivity index (χ4v) is 2.88. The lowest BCUT2D eigenvalue weighted by Crippen LogP contribution is -2.59. The van der Waals surface area contributed by atoms with Crippen molar-refractivity contribution in [1.82, 2.24) is 21.3 Å². The van der Waals surface area contributed by atoms with E-state index in [0.717, 1.165) is 6.42 Å². The molecule has 0 aromatic heterocycles. The molecule has 1 heterocycles. The monoisotopic (exact) mass is 401 g/mol. The fourth-order valence-electron chi connectivity index (χ4n) is 2.88. The van der Waals surface area contributed by atoms with Crippen LogP contribution in [-0.4, -0.2) is 77.8 Å². The normalized spacial score (nSPS) is 19.3. The third-order valence-corrected chi connectivity index (χ3v) is 4.43. The minimum atomic E-state index is -1.24. The van der Waals surface area contributed by atoms with Gasteiger partial charge in [0.05, 0.1) is 12.1 Å². The number of rotatable bonds is 12. The first kappa shape index (κ1) is 23.8. The molecule has 3 amide bonds. The third-order valence-electron chi connectivity index (χ3n) is 4.43. The molecular weight excluding hydrogens is 370 g/mol. The molecular formula is C17H31N5O6. The molecule has 4 atom stereocenters. The van der Waals surface area contributed by atoms with Crippen LogP contribution < -0.4 is 27.0 Å². The SMILES string of the molecule is CC(O)C(NC(=O)C1CCCN1)C(=O)NC(CCCCN)C(=O)NCC(=O)O. The van der Waals surface area contributed by atoms with E-state index in [1.807, 2.05) is 0 Å². The van der Waals surface area contributed by atoms with E-state index in [1.54, 1.807) is 0 Å². The van der Waals surface area contributed by atoms with E-state index in [1.165, 1.54) is 6.92 Å². The van der Waals surface area contributed by atoms with Crippen LogP contribution >= 0.6 is 0 Å². The lowest BCUT2D eigenvalue weighted by molar-refractivity contribution is -0.139. The summed E-state index contributed by atoms with van der Waals surface area (Å²) in [6.07, 6.45) is 1.72. The quantitative estimate of drug-likeness (QED) is 0.174. The maximum atomic E-state index is 12.6. The molecule has 11 nitrogen and oxygen atoms in total. The van der Waals surface area contributed by atoms with Gasteiger partial charge in [-0.05, 0) is 52.1 Å². The van der Waals surface area contributed by atoms with Crippen LogP contribution in [0, 0.1) is 0 Å². The number of carboxylic acid groups (broad SMARTS) is 1. The van der Waals surface area contributed by atoms with Crippen molar-refractivity contribution in [3.05, 3.63) is 0 Å². The number of amides is 3. The molecule has 0 radical (unpaired) electrons. The highest BCUT2D eigenvalue weighted by atomic mass is 16.4. The molecule has 0 aliphatic carbocycles. The van der Waals surface area contributed by atoms with Crippen LogP contribution in [0.25, 0.3) is 0 Å². The Kier molecular flexibility index (Phi) is 10.4. The maximum absolute atomic E-state index is 12.6. The van der Waals surface area contributed by atoms with Gasteiger partial charge in [0.1, 0.15) is 18.6 Å². The van der Waals surface area contributed by atoms with Gasteiger partial charge < -0.3 is 37.2 Å². The molecule has 160 valence electrons. The standard InChI is InChI=1S/C17H31N5O6/c1-10(23)14(22-16(27)11-6-4-8-19-11)17(28)21-12(5-2-3-7-18)15(26)20-9-13(24)25/h10-12,14,19,23H,2-9,18H2,1H3,(H,20,26)(H,21,28)(H,22,27)(H,24,25). The van der Waals surface area contributed by atoms with Gasteiger partial charge in [-0.3, -0.25) is 19.2 Å². The van der Waals surface area contributed by atoms with E-state index in [0.29, 0.717) is 32.4 Å². The van der Waals surface area contributed by atoms with Crippen LogP contribution in [0.15, 0.2) is 0 Å². The van der Waals surface area contributed by atoms with Crippen molar-refractivity contribution in [3.63, 3.8) is 0 Å². The van der Waals surface area contributed by atoms with Crippen LogP contribution in [0.1, 0.15) is 39.0 Å². The van der Waals surface area contributed by atoms with Crippen molar-refractivity contribution >= 4 is 23.7 Å². The number of carbonyl (C=O) groups is 4. The number of aliphatic hydroxyl groups excluding tert-OH is 1. The molecule has 4 unspecified atom stereocenters. The minimum Gasteiger partial charge on any atom is -0.480 e. The summed E-state index contributed by atoms with van der Waals surface area (Å²) in [6, 6.07) is -2.66. The van der Waals surface area contributed by atoms with Gasteiger partial charge in [0.25, 0.3) is 0 Å². The summed E-state index contributed by atoms with van der Waals surface area (Å²) < 4.78 is 0. The van der Waals surface area contributed by atoms with Crippen LogP contribution in [0.4, 0.5) is 0 Å². The highest BCUT2D eigenvalue weighted by Gasteiger charge is 2.32. The van der Waals surface area contributed by atoms with E-state index >= 15 is 0 Å². The summed E-state index contributed by atoms with van der Waals surface area (Å²) in [5.74, 6) is -2.97. The lowest BCUT2D eigenvalue weighted by Gasteiger charge is -2.25.